The highest BCUT2D eigenvalue weighted by atomic mass is 16.5. The van der Waals surface area contributed by atoms with Crippen LogP contribution in [0, 0.1) is 0 Å². The zero-order valence-electron chi connectivity index (χ0n) is 15.8. The first-order valence-corrected chi connectivity index (χ1v) is 8.73. The second-order valence-electron chi connectivity index (χ2n) is 6.06. The third-order valence-corrected chi connectivity index (χ3v) is 4.46. The molecule has 1 unspecified atom stereocenters. The highest BCUT2D eigenvalue weighted by Crippen LogP contribution is 2.38. The number of carbonyl (C=O) groups is 2. The fourth-order valence-electron chi connectivity index (χ4n) is 3.10. The van der Waals surface area contributed by atoms with Crippen molar-refractivity contribution in [3.8, 4) is 17.2 Å². The van der Waals surface area contributed by atoms with Gasteiger partial charge in [0.1, 0.15) is 23.0 Å². The molecule has 1 amide bonds. The van der Waals surface area contributed by atoms with E-state index in [9.17, 15) is 14.7 Å². The van der Waals surface area contributed by atoms with Gasteiger partial charge in [-0.25, -0.2) is 0 Å². The quantitative estimate of drug-likeness (QED) is 0.453. The summed E-state index contributed by atoms with van der Waals surface area (Å²) in [5.41, 5.74) is 0.865. The Kier molecular flexibility index (Phi) is 5.54. The van der Waals surface area contributed by atoms with E-state index in [1.807, 2.05) is 6.92 Å². The minimum atomic E-state index is -0.864. The van der Waals surface area contributed by atoms with Crippen LogP contribution in [0.15, 0.2) is 48.0 Å². The molecule has 2 aromatic carbocycles. The maximum absolute atomic E-state index is 12.5. The maximum atomic E-state index is 12.5. The van der Waals surface area contributed by atoms with Crippen LogP contribution in [0.25, 0.3) is 5.76 Å². The highest BCUT2D eigenvalue weighted by Gasteiger charge is 2.41. The van der Waals surface area contributed by atoms with Crippen molar-refractivity contribution in [3.63, 3.8) is 0 Å². The van der Waals surface area contributed by atoms with Crippen LogP contribution in [0.5, 0.6) is 17.2 Å². The molecule has 0 bridgehead atoms. The number of hydrogen-bond donors (Lipinski definition) is 2. The molecule has 0 saturated carbocycles. The van der Waals surface area contributed by atoms with Gasteiger partial charge in [0.2, 0.25) is 0 Å². The van der Waals surface area contributed by atoms with Crippen LogP contribution in [0.2, 0.25) is 0 Å². The van der Waals surface area contributed by atoms with Gasteiger partial charge in [0.05, 0.1) is 32.4 Å². The number of nitrogens with one attached hydrogen (secondary N) is 1. The summed E-state index contributed by atoms with van der Waals surface area (Å²) in [4.78, 5) is 24.6. The Labute approximate surface area is 162 Å². The Hall–Kier alpha value is -3.48. The van der Waals surface area contributed by atoms with Gasteiger partial charge in [-0.05, 0) is 49.4 Å². The molecular formula is C21H21NO6. The van der Waals surface area contributed by atoms with Crippen LogP contribution in [-0.4, -0.2) is 37.6 Å². The van der Waals surface area contributed by atoms with E-state index in [4.69, 9.17) is 14.2 Å². The number of amides is 1. The SMILES string of the molecule is CCOc1ccc(C(O)=C2C(=O)C(=O)NC2c2cc(OC)ccc2OC)cc1. The third-order valence-electron chi connectivity index (χ3n) is 4.46. The topological polar surface area (TPSA) is 94.1 Å². The van der Waals surface area contributed by atoms with Crippen LogP contribution >= 0.6 is 0 Å². The summed E-state index contributed by atoms with van der Waals surface area (Å²) in [6.45, 7) is 2.38. The van der Waals surface area contributed by atoms with Crippen molar-refractivity contribution in [1.82, 2.24) is 5.32 Å². The Morgan fingerprint density at radius 1 is 1.04 bits per heavy atom. The molecule has 28 heavy (non-hydrogen) atoms. The van der Waals surface area contributed by atoms with Gasteiger partial charge >= 0.3 is 0 Å². The Balaban J connectivity index is 2.10. The number of carbonyl (C=O) groups excluding carboxylic acids is 2. The molecule has 0 spiro atoms. The lowest BCUT2D eigenvalue weighted by Gasteiger charge is -2.18. The van der Waals surface area contributed by atoms with Crippen LogP contribution in [0.3, 0.4) is 0 Å². The summed E-state index contributed by atoms with van der Waals surface area (Å²) in [5, 5.41) is 13.4. The molecule has 0 radical (unpaired) electrons. The lowest BCUT2D eigenvalue weighted by molar-refractivity contribution is -0.133. The molecule has 1 aliphatic heterocycles. The van der Waals surface area contributed by atoms with Crippen molar-refractivity contribution >= 4 is 17.4 Å². The Morgan fingerprint density at radius 3 is 2.32 bits per heavy atom. The first-order valence-electron chi connectivity index (χ1n) is 8.73. The zero-order chi connectivity index (χ0) is 20.3. The molecule has 146 valence electrons. The minimum Gasteiger partial charge on any atom is -0.507 e. The van der Waals surface area contributed by atoms with Crippen molar-refractivity contribution in [2.45, 2.75) is 13.0 Å². The molecule has 1 heterocycles. The summed E-state index contributed by atoms with van der Waals surface area (Å²) in [6, 6.07) is 10.8. The molecule has 0 aromatic heterocycles. The highest BCUT2D eigenvalue weighted by molar-refractivity contribution is 6.46. The fraction of sp³-hybridized carbons (Fsp3) is 0.238. The summed E-state index contributed by atoms with van der Waals surface area (Å²) in [5.74, 6) is -0.228. The monoisotopic (exact) mass is 383 g/mol. The number of benzene rings is 2. The smallest absolute Gasteiger partial charge is 0.293 e. The van der Waals surface area contributed by atoms with Gasteiger partial charge in [-0.2, -0.15) is 0 Å². The molecule has 1 saturated heterocycles. The van der Waals surface area contributed by atoms with Crippen LogP contribution in [0.1, 0.15) is 24.1 Å². The van der Waals surface area contributed by atoms with Gasteiger partial charge in [0.15, 0.2) is 0 Å². The van der Waals surface area contributed by atoms with E-state index < -0.39 is 17.7 Å². The standard InChI is InChI=1S/C21H21NO6/c1-4-28-13-7-5-12(6-8-13)19(23)17-18(22-21(25)20(17)24)15-11-14(26-2)9-10-16(15)27-3/h5-11,18,23H,4H2,1-3H3,(H,22,25). The third kappa shape index (κ3) is 3.51. The summed E-state index contributed by atoms with van der Waals surface area (Å²) < 4.78 is 16.0. The zero-order valence-corrected chi connectivity index (χ0v) is 15.8. The van der Waals surface area contributed by atoms with Crippen molar-refractivity contribution in [2.75, 3.05) is 20.8 Å². The fourth-order valence-corrected chi connectivity index (χ4v) is 3.10. The van der Waals surface area contributed by atoms with E-state index in [1.54, 1.807) is 42.5 Å². The summed E-state index contributed by atoms with van der Waals surface area (Å²) in [6.07, 6.45) is 0. The second-order valence-corrected chi connectivity index (χ2v) is 6.06. The normalized spacial score (nSPS) is 17.9. The molecule has 1 aliphatic rings. The molecule has 2 aromatic rings. The van der Waals surface area contributed by atoms with Crippen molar-refractivity contribution in [3.05, 3.63) is 59.2 Å². The van der Waals surface area contributed by atoms with E-state index in [0.29, 0.717) is 35.0 Å². The number of aliphatic hydroxyl groups is 1. The number of ketones is 1. The van der Waals surface area contributed by atoms with Gasteiger partial charge in [-0.1, -0.05) is 0 Å². The van der Waals surface area contributed by atoms with Gasteiger partial charge in [-0.15, -0.1) is 0 Å². The van der Waals surface area contributed by atoms with Crippen LogP contribution in [0.4, 0.5) is 0 Å². The lowest BCUT2D eigenvalue weighted by atomic mass is 9.95. The maximum Gasteiger partial charge on any atom is 0.293 e. The first kappa shape index (κ1) is 19.3. The average molecular weight is 383 g/mol. The molecule has 1 atom stereocenters. The summed E-state index contributed by atoms with van der Waals surface area (Å²) >= 11 is 0. The lowest BCUT2D eigenvalue weighted by Crippen LogP contribution is -2.21. The molecule has 2 N–H and O–H groups in total. The minimum absolute atomic E-state index is 0.0410. The van der Waals surface area contributed by atoms with E-state index in [-0.39, 0.29) is 11.3 Å². The van der Waals surface area contributed by atoms with Crippen molar-refractivity contribution in [2.24, 2.45) is 0 Å². The van der Waals surface area contributed by atoms with E-state index in [0.717, 1.165) is 0 Å². The van der Waals surface area contributed by atoms with E-state index >= 15 is 0 Å². The van der Waals surface area contributed by atoms with Gasteiger partial charge < -0.3 is 24.6 Å². The number of aliphatic hydroxyl groups excluding tert-OH is 1. The Morgan fingerprint density at radius 2 is 1.71 bits per heavy atom. The van der Waals surface area contributed by atoms with Gasteiger partial charge in [0.25, 0.3) is 11.7 Å². The predicted molar refractivity (Wildman–Crippen MR) is 103 cm³/mol. The average Bonchev–Trinajstić information content (AvgIpc) is 3.02. The number of Topliss-reactive ketones (excluding diaryl/α,β-unsaturated/α-hetero) is 1. The molecule has 7 heteroatoms. The number of hydrogen-bond acceptors (Lipinski definition) is 6. The van der Waals surface area contributed by atoms with Crippen molar-refractivity contribution in [1.29, 1.82) is 0 Å². The van der Waals surface area contributed by atoms with Gasteiger partial charge in [0, 0.05) is 11.1 Å². The molecular weight excluding hydrogens is 362 g/mol. The van der Waals surface area contributed by atoms with Crippen LogP contribution < -0.4 is 19.5 Å². The van der Waals surface area contributed by atoms with E-state index in [1.165, 1.54) is 14.2 Å². The number of ether oxygens (including phenoxy) is 3. The molecule has 3 rings (SSSR count). The van der Waals surface area contributed by atoms with Crippen LogP contribution in [-0.2, 0) is 9.59 Å². The molecule has 7 nitrogen and oxygen atoms in total. The van der Waals surface area contributed by atoms with Crippen molar-refractivity contribution < 1.29 is 28.9 Å². The largest absolute Gasteiger partial charge is 0.507 e. The molecule has 0 aliphatic carbocycles. The Bertz CT molecular complexity index is 932. The second kappa shape index (κ2) is 8.04. The molecule has 1 fully saturated rings. The first-order chi connectivity index (χ1) is 13.5. The summed E-state index contributed by atoms with van der Waals surface area (Å²) in [7, 11) is 3.00. The van der Waals surface area contributed by atoms with Gasteiger partial charge in [-0.3, -0.25) is 9.59 Å². The van der Waals surface area contributed by atoms with E-state index in [2.05, 4.69) is 5.32 Å². The predicted octanol–water partition coefficient (Wildman–Crippen LogP) is 2.81. The number of rotatable bonds is 6. The number of methoxy groups -OCH3 is 2.